The highest BCUT2D eigenvalue weighted by Crippen LogP contribution is 2.19. The first-order valence-electron chi connectivity index (χ1n) is 5.41. The number of nitrogens with one attached hydrogen (secondary N) is 1. The van der Waals surface area contributed by atoms with E-state index in [4.69, 9.17) is 0 Å². The monoisotopic (exact) mass is 208 g/mol. The van der Waals surface area contributed by atoms with Gasteiger partial charge in [-0.05, 0) is 18.6 Å². The predicted molar refractivity (Wildman–Crippen MR) is 67.7 cm³/mol. The number of para-hydroxylation sites is 1. The smallest absolute Gasteiger partial charge is 0.0720 e. The number of H-pyrrole nitrogens is 1. The molecule has 1 aliphatic heterocycles. The molecule has 0 saturated carbocycles. The summed E-state index contributed by atoms with van der Waals surface area (Å²) >= 11 is 0. The molecule has 1 aromatic heterocycles. The number of fused-ring (bicyclic) bond motifs is 1. The van der Waals surface area contributed by atoms with Crippen molar-refractivity contribution in [2.75, 3.05) is 0 Å². The van der Waals surface area contributed by atoms with Crippen LogP contribution in [0.4, 0.5) is 0 Å². The van der Waals surface area contributed by atoms with Crippen LogP contribution in [0, 0.1) is 0 Å². The van der Waals surface area contributed by atoms with Gasteiger partial charge in [0, 0.05) is 28.9 Å². The van der Waals surface area contributed by atoms with Gasteiger partial charge in [0.25, 0.3) is 0 Å². The standard InChI is InChI=1S/C14H12N2/c1-2-7-14(15-9-5-1)12-10-16-13-8-4-3-6-11(12)13/h2-10,16H,1H2. The highest BCUT2D eigenvalue weighted by Gasteiger charge is 2.07. The molecule has 1 N–H and O–H groups in total. The molecular formula is C14H12N2. The van der Waals surface area contributed by atoms with E-state index >= 15 is 0 Å². The van der Waals surface area contributed by atoms with E-state index in [1.54, 1.807) is 0 Å². The third kappa shape index (κ3) is 1.48. The highest BCUT2D eigenvalue weighted by atomic mass is 14.7. The molecule has 0 bridgehead atoms. The third-order valence-electron chi connectivity index (χ3n) is 2.73. The Hall–Kier alpha value is -2.09. The van der Waals surface area contributed by atoms with Crippen LogP contribution in [0.25, 0.3) is 10.9 Å². The lowest BCUT2D eigenvalue weighted by atomic mass is 10.1. The second-order valence-corrected chi connectivity index (χ2v) is 3.79. The van der Waals surface area contributed by atoms with Gasteiger partial charge < -0.3 is 4.98 Å². The Balaban J connectivity index is 2.19. The summed E-state index contributed by atoms with van der Waals surface area (Å²) in [5, 5.41) is 1.22. The van der Waals surface area contributed by atoms with Gasteiger partial charge in [0.2, 0.25) is 0 Å². The maximum absolute atomic E-state index is 4.45. The van der Waals surface area contributed by atoms with E-state index in [1.807, 2.05) is 18.5 Å². The van der Waals surface area contributed by atoms with Gasteiger partial charge in [0.1, 0.15) is 0 Å². The van der Waals surface area contributed by atoms with Crippen molar-refractivity contribution < 1.29 is 0 Å². The summed E-state index contributed by atoms with van der Waals surface area (Å²) in [6, 6.07) is 8.28. The Kier molecular flexibility index (Phi) is 2.18. The van der Waals surface area contributed by atoms with Crippen LogP contribution in [0.1, 0.15) is 12.0 Å². The first kappa shape index (κ1) is 9.16. The topological polar surface area (TPSA) is 28.1 Å². The molecule has 2 nitrogen and oxygen atoms in total. The molecule has 16 heavy (non-hydrogen) atoms. The van der Waals surface area contributed by atoms with Crippen LogP contribution in [-0.2, 0) is 0 Å². The number of rotatable bonds is 1. The summed E-state index contributed by atoms with van der Waals surface area (Å²) < 4.78 is 0. The predicted octanol–water partition coefficient (Wildman–Crippen LogP) is 3.43. The molecule has 1 aromatic carbocycles. The Labute approximate surface area is 94.0 Å². The van der Waals surface area contributed by atoms with Crippen LogP contribution in [0.15, 0.2) is 59.9 Å². The van der Waals surface area contributed by atoms with Crippen molar-refractivity contribution in [2.45, 2.75) is 6.42 Å². The zero-order valence-electron chi connectivity index (χ0n) is 8.85. The molecule has 0 amide bonds. The van der Waals surface area contributed by atoms with E-state index in [-0.39, 0.29) is 0 Å². The van der Waals surface area contributed by atoms with Gasteiger partial charge in [0.05, 0.1) is 5.71 Å². The van der Waals surface area contributed by atoms with Crippen molar-refractivity contribution in [3.05, 3.63) is 60.5 Å². The lowest BCUT2D eigenvalue weighted by Gasteiger charge is -1.97. The van der Waals surface area contributed by atoms with Gasteiger partial charge in [-0.15, -0.1) is 0 Å². The first-order chi connectivity index (χ1) is 7.95. The SMILES string of the molecule is C1=CN=C(c2c[nH]c3ccccc23)C=CC1. The summed E-state index contributed by atoms with van der Waals surface area (Å²) in [5.74, 6) is 0. The van der Waals surface area contributed by atoms with Crippen molar-refractivity contribution >= 4 is 16.6 Å². The van der Waals surface area contributed by atoms with Crippen molar-refractivity contribution in [2.24, 2.45) is 4.99 Å². The Morgan fingerprint density at radius 1 is 1.12 bits per heavy atom. The molecule has 0 radical (unpaired) electrons. The quantitative estimate of drug-likeness (QED) is 0.743. The first-order valence-corrected chi connectivity index (χ1v) is 5.41. The number of allylic oxidation sites excluding steroid dienone is 3. The van der Waals surface area contributed by atoms with Crippen LogP contribution < -0.4 is 0 Å². The molecule has 2 heterocycles. The van der Waals surface area contributed by atoms with Crippen LogP contribution in [0.5, 0.6) is 0 Å². The molecule has 2 heteroatoms. The maximum atomic E-state index is 4.45. The van der Waals surface area contributed by atoms with E-state index in [0.29, 0.717) is 0 Å². The van der Waals surface area contributed by atoms with Crippen LogP contribution in [-0.4, -0.2) is 10.7 Å². The average Bonchev–Trinajstić information content (AvgIpc) is 2.57. The molecule has 0 aliphatic carbocycles. The second kappa shape index (κ2) is 3.81. The zero-order valence-corrected chi connectivity index (χ0v) is 8.85. The fourth-order valence-electron chi connectivity index (χ4n) is 1.94. The largest absolute Gasteiger partial charge is 0.360 e. The molecule has 0 spiro atoms. The fourth-order valence-corrected chi connectivity index (χ4v) is 1.94. The van der Waals surface area contributed by atoms with Crippen molar-refractivity contribution in [1.29, 1.82) is 0 Å². The summed E-state index contributed by atoms with van der Waals surface area (Å²) in [5.41, 5.74) is 3.34. The minimum absolute atomic E-state index is 0.954. The Morgan fingerprint density at radius 2 is 2.06 bits per heavy atom. The Bertz CT molecular complexity index is 600. The van der Waals surface area contributed by atoms with Gasteiger partial charge >= 0.3 is 0 Å². The third-order valence-corrected chi connectivity index (χ3v) is 2.73. The molecular weight excluding hydrogens is 196 g/mol. The zero-order chi connectivity index (χ0) is 10.8. The van der Waals surface area contributed by atoms with Gasteiger partial charge in [-0.2, -0.15) is 0 Å². The van der Waals surface area contributed by atoms with Gasteiger partial charge in [0.15, 0.2) is 0 Å². The van der Waals surface area contributed by atoms with Gasteiger partial charge in [-0.1, -0.05) is 30.4 Å². The normalized spacial score (nSPS) is 15.1. The van der Waals surface area contributed by atoms with Crippen LogP contribution in [0.3, 0.4) is 0 Å². The number of aromatic nitrogens is 1. The Morgan fingerprint density at radius 3 is 3.06 bits per heavy atom. The van der Waals surface area contributed by atoms with Crippen molar-refractivity contribution in [3.8, 4) is 0 Å². The summed E-state index contributed by atoms with van der Waals surface area (Å²) in [6.45, 7) is 0. The molecule has 0 saturated heterocycles. The van der Waals surface area contributed by atoms with Crippen molar-refractivity contribution in [1.82, 2.24) is 4.98 Å². The van der Waals surface area contributed by atoms with Crippen LogP contribution in [0.2, 0.25) is 0 Å². The number of hydrogen-bond donors (Lipinski definition) is 1. The summed E-state index contributed by atoms with van der Waals surface area (Å²) in [4.78, 5) is 7.71. The number of benzene rings is 1. The van der Waals surface area contributed by atoms with E-state index in [0.717, 1.165) is 17.6 Å². The number of aromatic amines is 1. The second-order valence-electron chi connectivity index (χ2n) is 3.79. The van der Waals surface area contributed by atoms with Gasteiger partial charge in [-0.25, -0.2) is 0 Å². The van der Waals surface area contributed by atoms with E-state index in [2.05, 4.69) is 46.4 Å². The number of nitrogens with zero attached hydrogens (tertiary/aromatic N) is 1. The molecule has 78 valence electrons. The number of hydrogen-bond acceptors (Lipinski definition) is 1. The molecule has 0 unspecified atom stereocenters. The van der Waals surface area contributed by atoms with Crippen molar-refractivity contribution in [3.63, 3.8) is 0 Å². The van der Waals surface area contributed by atoms with E-state index in [9.17, 15) is 0 Å². The summed E-state index contributed by atoms with van der Waals surface area (Å²) in [6.07, 6.45) is 11.1. The van der Waals surface area contributed by atoms with E-state index < -0.39 is 0 Å². The minimum Gasteiger partial charge on any atom is -0.360 e. The molecule has 0 fully saturated rings. The summed E-state index contributed by atoms with van der Waals surface area (Å²) in [7, 11) is 0. The molecule has 3 rings (SSSR count). The maximum Gasteiger partial charge on any atom is 0.0720 e. The average molecular weight is 208 g/mol. The van der Waals surface area contributed by atoms with Crippen LogP contribution >= 0.6 is 0 Å². The molecule has 0 atom stereocenters. The minimum atomic E-state index is 0.954. The lowest BCUT2D eigenvalue weighted by molar-refractivity contribution is 1.38. The number of aliphatic imine (C=N–C) groups is 1. The van der Waals surface area contributed by atoms with E-state index in [1.165, 1.54) is 10.9 Å². The highest BCUT2D eigenvalue weighted by molar-refractivity contribution is 6.16. The fraction of sp³-hybridized carbons (Fsp3) is 0.0714. The molecule has 1 aliphatic rings. The lowest BCUT2D eigenvalue weighted by Crippen LogP contribution is -1.93. The van der Waals surface area contributed by atoms with Gasteiger partial charge in [-0.3, -0.25) is 4.99 Å². The molecule has 2 aromatic rings.